The average Bonchev–Trinajstić information content (AvgIpc) is 2.92. The van der Waals surface area contributed by atoms with E-state index in [4.69, 9.17) is 4.74 Å². The molecular formula is C31H33N3O3. The van der Waals surface area contributed by atoms with Gasteiger partial charge in [-0.15, -0.1) is 0 Å². The number of ether oxygens (including phenoxy) is 1. The third-order valence-electron chi connectivity index (χ3n) is 5.84. The molecule has 37 heavy (non-hydrogen) atoms. The van der Waals surface area contributed by atoms with E-state index >= 15 is 0 Å². The highest BCUT2D eigenvalue weighted by atomic mass is 16.5. The van der Waals surface area contributed by atoms with Gasteiger partial charge < -0.3 is 20.1 Å². The lowest BCUT2D eigenvalue weighted by molar-refractivity contribution is -0.123. The summed E-state index contributed by atoms with van der Waals surface area (Å²) >= 11 is 0. The maximum Gasteiger partial charge on any atom is 0.245 e. The molecule has 0 unspecified atom stereocenters. The molecule has 3 aromatic carbocycles. The number of hydrogen-bond donors (Lipinski definition) is 2. The number of allylic oxidation sites excluding steroid dienone is 1. The van der Waals surface area contributed by atoms with Crippen molar-refractivity contribution in [3.8, 4) is 17.6 Å². The second-order valence-corrected chi connectivity index (χ2v) is 8.63. The highest BCUT2D eigenvalue weighted by Gasteiger charge is 2.15. The number of likely N-dealkylation sites (N-methyl/N-ethyl adjacent to an activating group) is 1. The highest BCUT2D eigenvalue weighted by molar-refractivity contribution is 5.99. The summed E-state index contributed by atoms with van der Waals surface area (Å²) in [6, 6.07) is 25.3. The fourth-order valence-corrected chi connectivity index (χ4v) is 3.91. The molecule has 1 amide bonds. The Morgan fingerprint density at radius 1 is 1.03 bits per heavy atom. The summed E-state index contributed by atoms with van der Waals surface area (Å²) in [6.45, 7) is 3.84. The van der Waals surface area contributed by atoms with Crippen molar-refractivity contribution in [2.75, 3.05) is 33.8 Å². The van der Waals surface area contributed by atoms with Gasteiger partial charge in [-0.25, -0.2) is 0 Å². The molecule has 0 saturated carbocycles. The molecule has 6 heteroatoms. The zero-order valence-electron chi connectivity index (χ0n) is 21.6. The third-order valence-corrected chi connectivity index (χ3v) is 5.84. The van der Waals surface area contributed by atoms with Gasteiger partial charge in [-0.05, 0) is 58.5 Å². The smallest absolute Gasteiger partial charge is 0.245 e. The van der Waals surface area contributed by atoms with Gasteiger partial charge in [0.2, 0.25) is 5.91 Å². The number of nitrogens with one attached hydrogen (secondary N) is 1. The molecule has 0 aliphatic carbocycles. The Morgan fingerprint density at radius 2 is 1.73 bits per heavy atom. The molecule has 0 aliphatic rings. The molecule has 0 atom stereocenters. The Balaban J connectivity index is 1.78. The topological polar surface area (TPSA) is 85.6 Å². The number of carbonyl (C=O) groups is 1. The van der Waals surface area contributed by atoms with Crippen LogP contribution >= 0.6 is 0 Å². The minimum atomic E-state index is -0.0406. The Morgan fingerprint density at radius 3 is 2.38 bits per heavy atom. The van der Waals surface area contributed by atoms with Crippen molar-refractivity contribution in [2.45, 2.75) is 13.3 Å². The van der Waals surface area contributed by atoms with Crippen molar-refractivity contribution in [3.63, 3.8) is 0 Å². The van der Waals surface area contributed by atoms with E-state index in [9.17, 15) is 15.2 Å². The number of benzene rings is 3. The summed E-state index contributed by atoms with van der Waals surface area (Å²) in [5.74, 6) is 0.686. The van der Waals surface area contributed by atoms with Gasteiger partial charge in [0.05, 0.1) is 5.56 Å². The normalized spacial score (nSPS) is 11.6. The summed E-state index contributed by atoms with van der Waals surface area (Å²) < 4.78 is 5.88. The standard InChI is InChI=1S/C31H33N3O3/c1-4-28(23-9-6-5-7-10-23)31(25-14-17-29(35)26(21-25)22-32)24-12-15-27(16-13-24)37-20-19-33-18-8-11-30(36)34(2)3/h5-17,21,33,35H,4,18-20H2,1-3H3. The molecule has 2 N–H and O–H groups in total. The Bertz CT molecular complexity index is 1290. The van der Waals surface area contributed by atoms with E-state index in [0.29, 0.717) is 19.7 Å². The molecule has 0 saturated heterocycles. The zero-order chi connectivity index (χ0) is 26.6. The first-order valence-electron chi connectivity index (χ1n) is 12.3. The monoisotopic (exact) mass is 495 g/mol. The van der Waals surface area contributed by atoms with Gasteiger partial charge in [0.15, 0.2) is 0 Å². The molecule has 0 bridgehead atoms. The first-order chi connectivity index (χ1) is 17.9. The maximum absolute atomic E-state index is 11.5. The third kappa shape index (κ3) is 7.57. The number of aromatic hydroxyl groups is 1. The molecule has 0 heterocycles. The van der Waals surface area contributed by atoms with Gasteiger partial charge in [-0.1, -0.05) is 61.5 Å². The number of nitriles is 1. The first kappa shape index (κ1) is 27.3. The van der Waals surface area contributed by atoms with Crippen LogP contribution in [0.2, 0.25) is 0 Å². The summed E-state index contributed by atoms with van der Waals surface area (Å²) in [4.78, 5) is 13.1. The van der Waals surface area contributed by atoms with E-state index in [1.807, 2.05) is 48.5 Å². The van der Waals surface area contributed by atoms with Crippen molar-refractivity contribution in [1.29, 1.82) is 5.26 Å². The first-order valence-corrected chi connectivity index (χ1v) is 12.3. The van der Waals surface area contributed by atoms with Crippen molar-refractivity contribution in [1.82, 2.24) is 10.2 Å². The van der Waals surface area contributed by atoms with E-state index in [1.165, 1.54) is 4.90 Å². The SMILES string of the molecule is CCC(=C(c1ccc(OCCNCC=CC(=O)N(C)C)cc1)c1ccc(O)c(C#N)c1)c1ccccc1. The zero-order valence-corrected chi connectivity index (χ0v) is 21.6. The van der Waals surface area contributed by atoms with Crippen LogP contribution in [0.4, 0.5) is 0 Å². The Hall–Kier alpha value is -4.34. The van der Waals surface area contributed by atoms with Gasteiger partial charge in [-0.2, -0.15) is 5.26 Å². The van der Waals surface area contributed by atoms with E-state index in [1.54, 1.807) is 38.4 Å². The van der Waals surface area contributed by atoms with Gasteiger partial charge in [0.25, 0.3) is 0 Å². The van der Waals surface area contributed by atoms with Crippen molar-refractivity contribution in [3.05, 3.63) is 107 Å². The molecule has 0 aromatic heterocycles. The van der Waals surface area contributed by atoms with Crippen LogP contribution in [0.15, 0.2) is 84.9 Å². The van der Waals surface area contributed by atoms with Crippen LogP contribution < -0.4 is 10.1 Å². The molecule has 0 spiro atoms. The molecule has 6 nitrogen and oxygen atoms in total. The summed E-state index contributed by atoms with van der Waals surface area (Å²) in [6.07, 6.45) is 4.13. The fourth-order valence-electron chi connectivity index (χ4n) is 3.91. The van der Waals surface area contributed by atoms with Crippen LogP contribution in [0.5, 0.6) is 11.5 Å². The van der Waals surface area contributed by atoms with Crippen LogP contribution in [0.3, 0.4) is 0 Å². The molecule has 3 aromatic rings. The number of amides is 1. The van der Waals surface area contributed by atoms with Crippen LogP contribution in [0.1, 0.15) is 35.6 Å². The lowest BCUT2D eigenvalue weighted by Gasteiger charge is -2.17. The largest absolute Gasteiger partial charge is 0.507 e. The number of phenolic OH excluding ortho intramolecular Hbond substituents is 1. The van der Waals surface area contributed by atoms with E-state index < -0.39 is 0 Å². The number of rotatable bonds is 11. The molecule has 0 radical (unpaired) electrons. The van der Waals surface area contributed by atoms with E-state index in [-0.39, 0.29) is 17.2 Å². The molecule has 0 fully saturated rings. The Kier molecular flexibility index (Phi) is 10.1. The number of carbonyl (C=O) groups excluding carboxylic acids is 1. The lowest BCUT2D eigenvalue weighted by atomic mass is 9.87. The average molecular weight is 496 g/mol. The summed E-state index contributed by atoms with van der Waals surface area (Å²) in [5.41, 5.74) is 5.38. The van der Waals surface area contributed by atoms with Crippen molar-refractivity contribution < 1.29 is 14.6 Å². The van der Waals surface area contributed by atoms with Crippen LogP contribution in [-0.2, 0) is 4.79 Å². The minimum absolute atomic E-state index is 0.0273. The van der Waals surface area contributed by atoms with Crippen LogP contribution in [0.25, 0.3) is 11.1 Å². The molecular weight excluding hydrogens is 462 g/mol. The predicted molar refractivity (Wildman–Crippen MR) is 148 cm³/mol. The van der Waals surface area contributed by atoms with Gasteiger partial charge in [-0.3, -0.25) is 4.79 Å². The second-order valence-electron chi connectivity index (χ2n) is 8.63. The number of nitrogens with zero attached hydrogens (tertiary/aromatic N) is 2. The number of phenols is 1. The fraction of sp³-hybridized carbons (Fsp3) is 0.226. The van der Waals surface area contributed by atoms with Crippen molar-refractivity contribution in [2.24, 2.45) is 0 Å². The highest BCUT2D eigenvalue weighted by Crippen LogP contribution is 2.36. The quantitative estimate of drug-likeness (QED) is 0.216. The summed E-state index contributed by atoms with van der Waals surface area (Å²) in [5, 5.41) is 22.7. The van der Waals surface area contributed by atoms with Gasteiger partial charge in [0, 0.05) is 33.3 Å². The van der Waals surface area contributed by atoms with Crippen LogP contribution in [-0.4, -0.2) is 49.7 Å². The van der Waals surface area contributed by atoms with Crippen molar-refractivity contribution >= 4 is 17.1 Å². The lowest BCUT2D eigenvalue weighted by Crippen LogP contribution is -2.22. The van der Waals surface area contributed by atoms with Gasteiger partial charge in [0.1, 0.15) is 24.2 Å². The predicted octanol–water partition coefficient (Wildman–Crippen LogP) is 5.25. The molecule has 190 valence electrons. The Labute approximate surface area is 219 Å². The van der Waals surface area contributed by atoms with E-state index in [2.05, 4.69) is 30.4 Å². The second kappa shape index (κ2) is 13.7. The maximum atomic E-state index is 11.5. The minimum Gasteiger partial charge on any atom is -0.507 e. The van der Waals surface area contributed by atoms with Gasteiger partial charge >= 0.3 is 0 Å². The molecule has 0 aliphatic heterocycles. The number of hydrogen-bond acceptors (Lipinski definition) is 5. The molecule has 3 rings (SSSR count). The van der Waals surface area contributed by atoms with Crippen LogP contribution in [0, 0.1) is 11.3 Å². The summed E-state index contributed by atoms with van der Waals surface area (Å²) in [7, 11) is 3.44. The van der Waals surface area contributed by atoms with E-state index in [0.717, 1.165) is 40.0 Å².